The van der Waals surface area contributed by atoms with Gasteiger partial charge in [0.05, 0.1) is 16.4 Å². The summed E-state index contributed by atoms with van der Waals surface area (Å²) in [7, 11) is 3.97. The van der Waals surface area contributed by atoms with Gasteiger partial charge in [-0.05, 0) is 63.8 Å². The highest BCUT2D eigenvalue weighted by Crippen LogP contribution is 2.31. The maximum atomic E-state index is 12.7. The number of anilines is 3. The summed E-state index contributed by atoms with van der Waals surface area (Å²) >= 11 is 6.34. The lowest BCUT2D eigenvalue weighted by Crippen LogP contribution is -2.17. The Hall–Kier alpha value is -3.04. The third-order valence-electron chi connectivity index (χ3n) is 4.54. The molecule has 0 aliphatic rings. The van der Waals surface area contributed by atoms with Crippen molar-refractivity contribution in [2.75, 3.05) is 37.8 Å². The number of aromatic nitrogens is 2. The van der Waals surface area contributed by atoms with E-state index in [1.165, 1.54) is 18.2 Å². The predicted molar refractivity (Wildman–Crippen MR) is 125 cm³/mol. The van der Waals surface area contributed by atoms with E-state index in [9.17, 15) is 13.2 Å². The first-order valence-corrected chi connectivity index (χ1v) is 10.6. The van der Waals surface area contributed by atoms with Gasteiger partial charge in [-0.15, -0.1) is 13.2 Å². The summed E-state index contributed by atoms with van der Waals surface area (Å²) in [5.41, 5.74) is 2.55. The second-order valence-corrected chi connectivity index (χ2v) is 8.14. The number of nitrogens with zero attached hydrogens (tertiary/aromatic N) is 3. The molecule has 33 heavy (non-hydrogen) atoms. The smallest absolute Gasteiger partial charge is 0.406 e. The number of benzene rings is 2. The highest BCUT2D eigenvalue weighted by atomic mass is 35.5. The van der Waals surface area contributed by atoms with Crippen LogP contribution in [0.1, 0.15) is 12.0 Å². The number of hydrogen-bond acceptors (Lipinski definition) is 6. The fraction of sp³-hybridized carbons (Fsp3) is 0.304. The summed E-state index contributed by atoms with van der Waals surface area (Å²) < 4.78 is 42.0. The molecule has 6 nitrogen and oxygen atoms in total. The number of ether oxygens (including phenoxy) is 1. The van der Waals surface area contributed by atoms with Crippen molar-refractivity contribution in [1.82, 2.24) is 14.9 Å². The summed E-state index contributed by atoms with van der Waals surface area (Å²) in [4.78, 5) is 11.1. The van der Waals surface area contributed by atoms with Crippen LogP contribution in [-0.4, -0.2) is 48.4 Å². The van der Waals surface area contributed by atoms with Gasteiger partial charge >= 0.3 is 6.36 Å². The molecule has 176 valence electrons. The molecule has 0 atom stereocenters. The minimum absolute atomic E-state index is 0.324. The standard InChI is InChI=1S/C23H25ClF3N5O/c1-15-8-9-19(18(24)12-15)29-21-14-20(30-22(31-21)28-10-5-11-32(2)3)16-6-4-7-17(13-16)33-23(25,26)27/h4,6-9,12-14H,5,10-11H2,1-3H3,(H2,28,29,30,31). The molecule has 0 fully saturated rings. The zero-order valence-corrected chi connectivity index (χ0v) is 19.3. The number of halogens is 4. The molecule has 2 aromatic carbocycles. The lowest BCUT2D eigenvalue weighted by Gasteiger charge is -2.14. The topological polar surface area (TPSA) is 62.3 Å². The van der Waals surface area contributed by atoms with Crippen molar-refractivity contribution in [3.05, 3.63) is 59.1 Å². The predicted octanol–water partition coefficient (Wildman–Crippen LogP) is 6.11. The molecule has 1 heterocycles. The Morgan fingerprint density at radius 2 is 1.85 bits per heavy atom. The van der Waals surface area contributed by atoms with Crippen molar-refractivity contribution in [3.8, 4) is 17.0 Å². The molecule has 1 aromatic heterocycles. The van der Waals surface area contributed by atoms with Crippen LogP contribution in [0.25, 0.3) is 11.3 Å². The second-order valence-electron chi connectivity index (χ2n) is 7.73. The lowest BCUT2D eigenvalue weighted by molar-refractivity contribution is -0.274. The summed E-state index contributed by atoms with van der Waals surface area (Å²) in [6, 6.07) is 12.9. The molecule has 0 amide bonds. The van der Waals surface area contributed by atoms with Crippen molar-refractivity contribution in [1.29, 1.82) is 0 Å². The third-order valence-corrected chi connectivity index (χ3v) is 4.85. The number of alkyl halides is 3. The van der Waals surface area contributed by atoms with Gasteiger partial charge in [0, 0.05) is 18.2 Å². The van der Waals surface area contributed by atoms with Crippen LogP contribution in [0.3, 0.4) is 0 Å². The van der Waals surface area contributed by atoms with E-state index in [0.717, 1.165) is 18.5 Å². The molecular formula is C23H25ClF3N5O. The van der Waals surface area contributed by atoms with E-state index in [1.807, 2.05) is 39.2 Å². The minimum Gasteiger partial charge on any atom is -0.406 e. The van der Waals surface area contributed by atoms with E-state index in [2.05, 4.69) is 30.2 Å². The van der Waals surface area contributed by atoms with Crippen molar-refractivity contribution in [2.24, 2.45) is 0 Å². The van der Waals surface area contributed by atoms with Crippen LogP contribution in [0, 0.1) is 6.92 Å². The molecular weight excluding hydrogens is 455 g/mol. The second kappa shape index (κ2) is 10.7. The number of rotatable bonds is 9. The van der Waals surface area contributed by atoms with E-state index in [0.29, 0.717) is 40.3 Å². The van der Waals surface area contributed by atoms with Gasteiger partial charge in [0.15, 0.2) is 0 Å². The quantitative estimate of drug-likeness (QED) is 0.361. The Morgan fingerprint density at radius 3 is 2.55 bits per heavy atom. The Morgan fingerprint density at radius 1 is 1.06 bits per heavy atom. The van der Waals surface area contributed by atoms with Crippen LogP contribution < -0.4 is 15.4 Å². The van der Waals surface area contributed by atoms with E-state index in [1.54, 1.807) is 12.1 Å². The van der Waals surface area contributed by atoms with Crippen molar-refractivity contribution in [2.45, 2.75) is 19.7 Å². The summed E-state index contributed by atoms with van der Waals surface area (Å²) in [5, 5.41) is 6.87. The summed E-state index contributed by atoms with van der Waals surface area (Å²) in [5.74, 6) is 0.470. The lowest BCUT2D eigenvalue weighted by atomic mass is 10.1. The molecule has 0 radical (unpaired) electrons. The minimum atomic E-state index is -4.78. The van der Waals surface area contributed by atoms with Crippen LogP contribution in [0.15, 0.2) is 48.5 Å². The molecule has 2 N–H and O–H groups in total. The van der Waals surface area contributed by atoms with Crippen LogP contribution >= 0.6 is 11.6 Å². The maximum absolute atomic E-state index is 12.7. The largest absolute Gasteiger partial charge is 0.573 e. The van der Waals surface area contributed by atoms with Crippen LogP contribution in [0.4, 0.5) is 30.6 Å². The third kappa shape index (κ3) is 7.80. The van der Waals surface area contributed by atoms with Crippen LogP contribution in [0.5, 0.6) is 5.75 Å². The zero-order chi connectivity index (χ0) is 24.0. The number of nitrogens with one attached hydrogen (secondary N) is 2. The van der Waals surface area contributed by atoms with Gasteiger partial charge in [0.1, 0.15) is 11.6 Å². The van der Waals surface area contributed by atoms with Gasteiger partial charge in [0.25, 0.3) is 0 Å². The average Bonchev–Trinajstić information content (AvgIpc) is 2.72. The highest BCUT2D eigenvalue weighted by Gasteiger charge is 2.31. The normalized spacial score (nSPS) is 11.5. The Bertz CT molecular complexity index is 1090. The molecule has 0 bridgehead atoms. The number of aryl methyl sites for hydroxylation is 1. The van der Waals surface area contributed by atoms with Gasteiger partial charge < -0.3 is 20.3 Å². The first kappa shape index (κ1) is 24.6. The molecule has 3 rings (SSSR count). The van der Waals surface area contributed by atoms with Crippen molar-refractivity contribution >= 4 is 29.1 Å². The molecule has 0 aliphatic heterocycles. The maximum Gasteiger partial charge on any atom is 0.573 e. The van der Waals surface area contributed by atoms with Gasteiger partial charge in [-0.25, -0.2) is 4.98 Å². The summed E-state index contributed by atoms with van der Waals surface area (Å²) in [6.45, 7) is 3.45. The van der Waals surface area contributed by atoms with Crippen LogP contribution in [-0.2, 0) is 0 Å². The molecule has 0 spiro atoms. The fourth-order valence-corrected chi connectivity index (χ4v) is 3.33. The molecule has 0 unspecified atom stereocenters. The molecule has 0 aliphatic carbocycles. The first-order valence-electron chi connectivity index (χ1n) is 10.3. The van der Waals surface area contributed by atoms with E-state index in [4.69, 9.17) is 11.6 Å². The zero-order valence-electron chi connectivity index (χ0n) is 18.5. The molecule has 0 saturated carbocycles. The fourth-order valence-electron chi connectivity index (χ4n) is 3.05. The molecule has 0 saturated heterocycles. The van der Waals surface area contributed by atoms with Crippen LogP contribution in [0.2, 0.25) is 5.02 Å². The number of hydrogen-bond donors (Lipinski definition) is 2. The van der Waals surface area contributed by atoms with Gasteiger partial charge in [-0.2, -0.15) is 4.98 Å². The first-order chi connectivity index (χ1) is 15.6. The Kier molecular flexibility index (Phi) is 7.99. The molecule has 10 heteroatoms. The van der Waals surface area contributed by atoms with E-state index < -0.39 is 6.36 Å². The molecule has 3 aromatic rings. The van der Waals surface area contributed by atoms with Crippen molar-refractivity contribution < 1.29 is 17.9 Å². The van der Waals surface area contributed by atoms with Gasteiger partial charge in [-0.3, -0.25) is 0 Å². The van der Waals surface area contributed by atoms with Crippen molar-refractivity contribution in [3.63, 3.8) is 0 Å². The highest BCUT2D eigenvalue weighted by molar-refractivity contribution is 6.33. The van der Waals surface area contributed by atoms with Gasteiger partial charge in [0.2, 0.25) is 5.95 Å². The Labute approximate surface area is 195 Å². The van der Waals surface area contributed by atoms with Gasteiger partial charge in [-0.1, -0.05) is 29.8 Å². The van der Waals surface area contributed by atoms with E-state index >= 15 is 0 Å². The average molecular weight is 480 g/mol. The Balaban J connectivity index is 1.92. The summed E-state index contributed by atoms with van der Waals surface area (Å²) in [6.07, 6.45) is -3.92. The van der Waals surface area contributed by atoms with E-state index in [-0.39, 0.29) is 5.75 Å². The SMILES string of the molecule is Cc1ccc(Nc2cc(-c3cccc(OC(F)(F)F)c3)nc(NCCCN(C)C)n2)c(Cl)c1. The monoisotopic (exact) mass is 479 g/mol.